The number of carbonyl (C=O) groups excluding carboxylic acids is 2. The molecule has 134 valence electrons. The summed E-state index contributed by atoms with van der Waals surface area (Å²) in [5, 5.41) is 2.57. The van der Waals surface area contributed by atoms with Gasteiger partial charge in [-0.15, -0.1) is 0 Å². The molecule has 1 unspecified atom stereocenters. The Bertz CT molecular complexity index is 908. The molecule has 0 saturated heterocycles. The van der Waals surface area contributed by atoms with Crippen LogP contribution in [0.15, 0.2) is 36.4 Å². The van der Waals surface area contributed by atoms with Crippen LogP contribution < -0.4 is 15.8 Å². The molecule has 2 aliphatic rings. The number of amides is 2. The second-order valence-electron chi connectivity index (χ2n) is 6.84. The van der Waals surface area contributed by atoms with E-state index in [2.05, 4.69) is 5.32 Å². The van der Waals surface area contributed by atoms with Crippen molar-refractivity contribution in [1.29, 1.82) is 0 Å². The van der Waals surface area contributed by atoms with Crippen LogP contribution in [0, 0.1) is 11.7 Å². The summed E-state index contributed by atoms with van der Waals surface area (Å²) in [6.07, 6.45) is 1.88. The van der Waals surface area contributed by atoms with Crippen LogP contribution in [-0.4, -0.2) is 25.0 Å². The average Bonchev–Trinajstić information content (AvgIpc) is 3.40. The molecule has 1 aliphatic carbocycles. The fourth-order valence-corrected chi connectivity index (χ4v) is 3.70. The van der Waals surface area contributed by atoms with Crippen molar-refractivity contribution in [3.63, 3.8) is 0 Å². The molecule has 2 aromatic carbocycles. The number of benzene rings is 2. The van der Waals surface area contributed by atoms with Gasteiger partial charge in [0.1, 0.15) is 17.7 Å². The predicted octanol–water partition coefficient (Wildman–Crippen LogP) is 2.59. The van der Waals surface area contributed by atoms with E-state index in [0.717, 1.165) is 18.4 Å². The van der Waals surface area contributed by atoms with Crippen molar-refractivity contribution < 1.29 is 18.7 Å². The Labute approximate surface area is 150 Å². The molecule has 0 spiro atoms. The number of hydrogen-bond acceptors (Lipinski definition) is 3. The first-order chi connectivity index (χ1) is 12.5. The SMILES string of the molecule is CNC(=O)c1cc(C(N)=O)cc2c1O[C@@H](C1CC1)C2c1cccc(F)c1. The smallest absolute Gasteiger partial charge is 0.254 e. The molecule has 4 rings (SSSR count). The van der Waals surface area contributed by atoms with Gasteiger partial charge in [0.05, 0.1) is 11.5 Å². The Morgan fingerprint density at radius 1 is 1.23 bits per heavy atom. The largest absolute Gasteiger partial charge is 0.488 e. The van der Waals surface area contributed by atoms with Gasteiger partial charge in [0.25, 0.3) is 5.91 Å². The summed E-state index contributed by atoms with van der Waals surface area (Å²) >= 11 is 0. The van der Waals surface area contributed by atoms with Gasteiger partial charge in [-0.1, -0.05) is 12.1 Å². The zero-order chi connectivity index (χ0) is 18.4. The third-order valence-corrected chi connectivity index (χ3v) is 5.09. The lowest BCUT2D eigenvalue weighted by molar-refractivity contribution is 0.0956. The number of rotatable bonds is 4. The Morgan fingerprint density at radius 2 is 2.00 bits per heavy atom. The van der Waals surface area contributed by atoms with Crippen molar-refractivity contribution >= 4 is 11.8 Å². The van der Waals surface area contributed by atoms with E-state index in [1.807, 2.05) is 6.07 Å². The highest BCUT2D eigenvalue weighted by atomic mass is 19.1. The van der Waals surface area contributed by atoms with Gasteiger partial charge >= 0.3 is 0 Å². The van der Waals surface area contributed by atoms with Crippen LogP contribution in [0.4, 0.5) is 4.39 Å². The number of primary amides is 1. The summed E-state index contributed by atoms with van der Waals surface area (Å²) in [5.74, 6) is -0.727. The monoisotopic (exact) mass is 354 g/mol. The Balaban J connectivity index is 1.91. The van der Waals surface area contributed by atoms with Crippen LogP contribution in [0.5, 0.6) is 5.75 Å². The highest BCUT2D eigenvalue weighted by Gasteiger charge is 2.46. The van der Waals surface area contributed by atoms with Crippen molar-refractivity contribution in [2.24, 2.45) is 11.7 Å². The number of nitrogens with two attached hydrogens (primary N) is 1. The van der Waals surface area contributed by atoms with E-state index < -0.39 is 5.91 Å². The summed E-state index contributed by atoms with van der Waals surface area (Å²) in [4.78, 5) is 24.1. The van der Waals surface area contributed by atoms with E-state index in [9.17, 15) is 14.0 Å². The maximum Gasteiger partial charge on any atom is 0.254 e. The van der Waals surface area contributed by atoms with E-state index >= 15 is 0 Å². The molecular weight excluding hydrogens is 335 g/mol. The second kappa shape index (κ2) is 6.12. The van der Waals surface area contributed by atoms with E-state index in [1.165, 1.54) is 25.2 Å². The maximum absolute atomic E-state index is 13.8. The fourth-order valence-electron chi connectivity index (χ4n) is 3.70. The topological polar surface area (TPSA) is 81.4 Å². The molecule has 1 heterocycles. The van der Waals surface area contributed by atoms with Crippen molar-refractivity contribution in [2.75, 3.05) is 7.05 Å². The Kier molecular flexibility index (Phi) is 3.90. The molecule has 2 atom stereocenters. The van der Waals surface area contributed by atoms with Gasteiger partial charge in [-0.2, -0.15) is 0 Å². The number of halogens is 1. The third-order valence-electron chi connectivity index (χ3n) is 5.09. The minimum Gasteiger partial charge on any atom is -0.488 e. The predicted molar refractivity (Wildman–Crippen MR) is 93.7 cm³/mol. The van der Waals surface area contributed by atoms with E-state index in [1.54, 1.807) is 12.1 Å². The average molecular weight is 354 g/mol. The number of nitrogens with one attached hydrogen (secondary N) is 1. The van der Waals surface area contributed by atoms with Crippen LogP contribution in [0.2, 0.25) is 0 Å². The number of carbonyl (C=O) groups is 2. The number of fused-ring (bicyclic) bond motifs is 1. The zero-order valence-corrected chi connectivity index (χ0v) is 14.3. The van der Waals surface area contributed by atoms with E-state index in [-0.39, 0.29) is 34.9 Å². The summed E-state index contributed by atoms with van der Waals surface area (Å²) in [5.41, 5.74) is 7.46. The molecule has 1 aliphatic heterocycles. The maximum atomic E-state index is 13.8. The van der Waals surface area contributed by atoms with Crippen LogP contribution in [0.1, 0.15) is 50.6 Å². The molecule has 0 bridgehead atoms. The van der Waals surface area contributed by atoms with Gasteiger partial charge in [-0.25, -0.2) is 4.39 Å². The van der Waals surface area contributed by atoms with Crippen molar-refractivity contribution in [3.05, 3.63) is 64.5 Å². The van der Waals surface area contributed by atoms with Crippen molar-refractivity contribution in [2.45, 2.75) is 24.9 Å². The molecule has 2 amide bonds. The molecule has 6 heteroatoms. The Hall–Kier alpha value is -2.89. The van der Waals surface area contributed by atoms with Crippen LogP contribution in [-0.2, 0) is 0 Å². The highest BCUT2D eigenvalue weighted by molar-refractivity contribution is 6.02. The van der Waals surface area contributed by atoms with Crippen molar-refractivity contribution in [1.82, 2.24) is 5.32 Å². The summed E-state index contributed by atoms with van der Waals surface area (Å²) in [6.45, 7) is 0. The van der Waals surface area contributed by atoms with Gasteiger partial charge in [0.2, 0.25) is 5.91 Å². The number of ether oxygens (including phenoxy) is 1. The summed E-state index contributed by atoms with van der Waals surface area (Å²) in [7, 11) is 1.52. The first-order valence-corrected chi connectivity index (χ1v) is 8.61. The standard InChI is InChI=1S/C20H19FN2O3/c1-23-20(25)15-9-12(19(22)24)8-14-16(11-3-2-4-13(21)7-11)17(10-5-6-10)26-18(14)15/h2-4,7-10,16-17H,5-6H2,1H3,(H2,22,24)(H,23,25)/t16?,17-/m0/s1. The van der Waals surface area contributed by atoms with Crippen LogP contribution in [0.25, 0.3) is 0 Å². The van der Waals surface area contributed by atoms with Gasteiger partial charge in [-0.05, 0) is 48.6 Å². The first-order valence-electron chi connectivity index (χ1n) is 8.61. The molecule has 0 aromatic heterocycles. The lowest BCUT2D eigenvalue weighted by Gasteiger charge is -2.19. The molecule has 3 N–H and O–H groups in total. The van der Waals surface area contributed by atoms with E-state index in [4.69, 9.17) is 10.5 Å². The summed E-state index contributed by atoms with van der Waals surface area (Å²) in [6, 6.07) is 9.50. The van der Waals surface area contributed by atoms with E-state index in [0.29, 0.717) is 17.2 Å². The van der Waals surface area contributed by atoms with Gasteiger partial charge in [0.15, 0.2) is 0 Å². The molecule has 2 aromatic rings. The lowest BCUT2D eigenvalue weighted by atomic mass is 9.84. The van der Waals surface area contributed by atoms with Gasteiger partial charge in [-0.3, -0.25) is 9.59 Å². The van der Waals surface area contributed by atoms with Gasteiger partial charge in [0, 0.05) is 18.2 Å². The van der Waals surface area contributed by atoms with Crippen LogP contribution in [0.3, 0.4) is 0 Å². The van der Waals surface area contributed by atoms with Crippen LogP contribution >= 0.6 is 0 Å². The third kappa shape index (κ3) is 2.71. The minimum atomic E-state index is -0.620. The molecule has 26 heavy (non-hydrogen) atoms. The highest BCUT2D eigenvalue weighted by Crippen LogP contribution is 2.52. The quantitative estimate of drug-likeness (QED) is 0.885. The summed E-state index contributed by atoms with van der Waals surface area (Å²) < 4.78 is 20.0. The molecule has 1 fully saturated rings. The van der Waals surface area contributed by atoms with Crippen molar-refractivity contribution in [3.8, 4) is 5.75 Å². The Morgan fingerprint density at radius 3 is 2.62 bits per heavy atom. The fraction of sp³-hybridized carbons (Fsp3) is 0.300. The van der Waals surface area contributed by atoms with Gasteiger partial charge < -0.3 is 15.8 Å². The molecule has 0 radical (unpaired) electrons. The normalized spacial score (nSPS) is 21.0. The lowest BCUT2D eigenvalue weighted by Crippen LogP contribution is -2.23. The first kappa shape index (κ1) is 16.6. The zero-order valence-electron chi connectivity index (χ0n) is 14.3. The molecule has 1 saturated carbocycles. The minimum absolute atomic E-state index is 0.182. The number of hydrogen-bond donors (Lipinski definition) is 2. The second-order valence-corrected chi connectivity index (χ2v) is 6.84. The molecule has 5 nitrogen and oxygen atoms in total. The molecular formula is C20H19FN2O3.